The lowest BCUT2D eigenvalue weighted by atomic mass is 10.0. The number of aryl methyl sites for hydroxylation is 1. The molecule has 1 aromatic carbocycles. The number of hydrogen-bond donors (Lipinski definition) is 0. The zero-order chi connectivity index (χ0) is 15.8. The molecule has 1 aliphatic heterocycles. The Balaban J connectivity index is 1.78. The Morgan fingerprint density at radius 2 is 1.95 bits per heavy atom. The lowest BCUT2D eigenvalue weighted by Gasteiger charge is -2.31. The first kappa shape index (κ1) is 16.8. The Bertz CT molecular complexity index is 487. The van der Waals surface area contributed by atoms with Crippen molar-refractivity contribution in [3.63, 3.8) is 0 Å². The fraction of sp³-hybridized carbons (Fsp3) is 0.526. The van der Waals surface area contributed by atoms with E-state index in [1.807, 2.05) is 30.9 Å². The standard InChI is InChI=1S/C19H27NO2/c1-3-22-18-11-13-20(14-12-18)19(21)15-16(2)9-10-17-7-5-4-6-8-17/h4-8,15,18H,3,9-14H2,1-2H3. The van der Waals surface area contributed by atoms with Crippen molar-refractivity contribution in [2.75, 3.05) is 19.7 Å². The quantitative estimate of drug-likeness (QED) is 0.751. The van der Waals surface area contributed by atoms with Gasteiger partial charge in [-0.2, -0.15) is 0 Å². The maximum Gasteiger partial charge on any atom is 0.246 e. The summed E-state index contributed by atoms with van der Waals surface area (Å²) in [6.07, 6.45) is 5.97. The van der Waals surface area contributed by atoms with Gasteiger partial charge in [0.1, 0.15) is 0 Å². The van der Waals surface area contributed by atoms with Crippen LogP contribution >= 0.6 is 0 Å². The summed E-state index contributed by atoms with van der Waals surface area (Å²) in [5.74, 6) is 0.153. The van der Waals surface area contributed by atoms with Crippen molar-refractivity contribution in [2.24, 2.45) is 0 Å². The third-order valence-electron chi connectivity index (χ3n) is 4.18. The average molecular weight is 301 g/mol. The van der Waals surface area contributed by atoms with Crippen molar-refractivity contribution in [2.45, 2.75) is 45.6 Å². The van der Waals surface area contributed by atoms with E-state index in [0.29, 0.717) is 6.10 Å². The van der Waals surface area contributed by atoms with Crippen molar-refractivity contribution in [1.29, 1.82) is 0 Å². The lowest BCUT2D eigenvalue weighted by Crippen LogP contribution is -2.40. The second kappa shape index (κ2) is 8.74. The van der Waals surface area contributed by atoms with E-state index >= 15 is 0 Å². The van der Waals surface area contributed by atoms with Gasteiger partial charge in [-0.15, -0.1) is 0 Å². The van der Waals surface area contributed by atoms with E-state index in [-0.39, 0.29) is 5.91 Å². The number of amides is 1. The molecule has 2 rings (SSSR count). The number of benzene rings is 1. The summed E-state index contributed by atoms with van der Waals surface area (Å²) in [7, 11) is 0. The van der Waals surface area contributed by atoms with Gasteiger partial charge in [-0.3, -0.25) is 4.79 Å². The number of hydrogen-bond acceptors (Lipinski definition) is 2. The van der Waals surface area contributed by atoms with E-state index in [1.165, 1.54) is 5.56 Å². The molecule has 0 unspecified atom stereocenters. The van der Waals surface area contributed by atoms with E-state index in [1.54, 1.807) is 0 Å². The van der Waals surface area contributed by atoms with Crippen LogP contribution in [0.15, 0.2) is 42.0 Å². The molecular formula is C19H27NO2. The van der Waals surface area contributed by atoms with E-state index < -0.39 is 0 Å². The molecule has 1 aliphatic rings. The van der Waals surface area contributed by atoms with Crippen LogP contribution in [-0.4, -0.2) is 36.6 Å². The molecule has 1 amide bonds. The molecule has 3 heteroatoms. The van der Waals surface area contributed by atoms with Crippen LogP contribution in [0.4, 0.5) is 0 Å². The number of allylic oxidation sites excluding steroid dienone is 1. The first-order chi connectivity index (χ1) is 10.7. The Kier molecular flexibility index (Phi) is 6.66. The topological polar surface area (TPSA) is 29.5 Å². The summed E-state index contributed by atoms with van der Waals surface area (Å²) in [4.78, 5) is 14.2. The van der Waals surface area contributed by atoms with Gasteiger partial charge in [0, 0.05) is 25.8 Å². The van der Waals surface area contributed by atoms with Crippen LogP contribution in [0.1, 0.15) is 38.7 Å². The molecule has 120 valence electrons. The van der Waals surface area contributed by atoms with Crippen LogP contribution in [0.2, 0.25) is 0 Å². The zero-order valence-electron chi connectivity index (χ0n) is 13.8. The molecule has 0 saturated carbocycles. The molecule has 22 heavy (non-hydrogen) atoms. The van der Waals surface area contributed by atoms with E-state index in [9.17, 15) is 4.79 Å². The smallest absolute Gasteiger partial charge is 0.246 e. The van der Waals surface area contributed by atoms with Gasteiger partial charge in [0.2, 0.25) is 5.91 Å². The molecule has 0 radical (unpaired) electrons. The third-order valence-corrected chi connectivity index (χ3v) is 4.18. The highest BCUT2D eigenvalue weighted by atomic mass is 16.5. The van der Waals surface area contributed by atoms with Gasteiger partial charge in [-0.05, 0) is 45.1 Å². The predicted octanol–water partition coefficient (Wildman–Crippen LogP) is 3.59. The highest BCUT2D eigenvalue weighted by Crippen LogP contribution is 2.15. The third kappa shape index (κ3) is 5.30. The minimum atomic E-state index is 0.153. The summed E-state index contributed by atoms with van der Waals surface area (Å²) < 4.78 is 5.63. The molecular weight excluding hydrogens is 274 g/mol. The van der Waals surface area contributed by atoms with Gasteiger partial charge in [0.05, 0.1) is 6.10 Å². The van der Waals surface area contributed by atoms with Crippen molar-refractivity contribution < 1.29 is 9.53 Å². The van der Waals surface area contributed by atoms with Crippen molar-refractivity contribution in [3.8, 4) is 0 Å². The van der Waals surface area contributed by atoms with Crippen LogP contribution in [0, 0.1) is 0 Å². The highest BCUT2D eigenvalue weighted by molar-refractivity contribution is 5.88. The number of carbonyl (C=O) groups is 1. The second-order valence-electron chi connectivity index (χ2n) is 5.96. The summed E-state index contributed by atoms with van der Waals surface area (Å²) in [5, 5.41) is 0. The second-order valence-corrected chi connectivity index (χ2v) is 5.96. The van der Waals surface area contributed by atoms with E-state index in [4.69, 9.17) is 4.74 Å². The van der Waals surface area contributed by atoms with Gasteiger partial charge < -0.3 is 9.64 Å². The Labute approximate surface area is 134 Å². The van der Waals surface area contributed by atoms with Gasteiger partial charge in [0.15, 0.2) is 0 Å². The fourth-order valence-electron chi connectivity index (χ4n) is 2.84. The first-order valence-corrected chi connectivity index (χ1v) is 8.30. The highest BCUT2D eigenvalue weighted by Gasteiger charge is 2.21. The Morgan fingerprint density at radius 3 is 2.59 bits per heavy atom. The normalized spacial score (nSPS) is 16.8. The molecule has 1 saturated heterocycles. The summed E-state index contributed by atoms with van der Waals surface area (Å²) in [6, 6.07) is 10.4. The summed E-state index contributed by atoms with van der Waals surface area (Å²) in [5.41, 5.74) is 2.47. The molecule has 0 bridgehead atoms. The Morgan fingerprint density at radius 1 is 1.27 bits per heavy atom. The number of nitrogens with zero attached hydrogens (tertiary/aromatic N) is 1. The minimum absolute atomic E-state index is 0.153. The number of likely N-dealkylation sites (tertiary alicyclic amines) is 1. The zero-order valence-corrected chi connectivity index (χ0v) is 13.8. The van der Waals surface area contributed by atoms with Crippen molar-refractivity contribution in [1.82, 2.24) is 4.90 Å². The van der Waals surface area contributed by atoms with Gasteiger partial charge in [-0.1, -0.05) is 35.9 Å². The van der Waals surface area contributed by atoms with E-state index in [0.717, 1.165) is 51.0 Å². The molecule has 0 N–H and O–H groups in total. The van der Waals surface area contributed by atoms with Crippen LogP contribution in [0.5, 0.6) is 0 Å². The van der Waals surface area contributed by atoms with Gasteiger partial charge in [-0.25, -0.2) is 0 Å². The molecule has 0 spiro atoms. The van der Waals surface area contributed by atoms with Crippen LogP contribution < -0.4 is 0 Å². The molecule has 1 aromatic rings. The Hall–Kier alpha value is -1.61. The predicted molar refractivity (Wildman–Crippen MR) is 89.7 cm³/mol. The maximum absolute atomic E-state index is 12.3. The van der Waals surface area contributed by atoms with Crippen LogP contribution in [-0.2, 0) is 16.0 Å². The number of ether oxygens (including phenoxy) is 1. The van der Waals surface area contributed by atoms with Gasteiger partial charge in [0.25, 0.3) is 0 Å². The van der Waals surface area contributed by atoms with E-state index in [2.05, 4.69) is 24.3 Å². The molecule has 3 nitrogen and oxygen atoms in total. The molecule has 0 aliphatic carbocycles. The first-order valence-electron chi connectivity index (χ1n) is 8.30. The minimum Gasteiger partial charge on any atom is -0.378 e. The SMILES string of the molecule is CCOC1CCN(C(=O)C=C(C)CCc2ccccc2)CC1. The number of piperidine rings is 1. The fourth-order valence-corrected chi connectivity index (χ4v) is 2.84. The van der Waals surface area contributed by atoms with Crippen LogP contribution in [0.3, 0.4) is 0 Å². The lowest BCUT2D eigenvalue weighted by molar-refractivity contribution is -0.128. The van der Waals surface area contributed by atoms with Crippen molar-refractivity contribution in [3.05, 3.63) is 47.5 Å². The maximum atomic E-state index is 12.3. The van der Waals surface area contributed by atoms with Crippen LogP contribution in [0.25, 0.3) is 0 Å². The number of rotatable bonds is 6. The number of carbonyl (C=O) groups excluding carboxylic acids is 1. The van der Waals surface area contributed by atoms with Crippen molar-refractivity contribution >= 4 is 5.91 Å². The summed E-state index contributed by atoms with van der Waals surface area (Å²) >= 11 is 0. The average Bonchev–Trinajstić information content (AvgIpc) is 2.55. The monoisotopic (exact) mass is 301 g/mol. The summed E-state index contributed by atoms with van der Waals surface area (Å²) in [6.45, 7) is 6.46. The van der Waals surface area contributed by atoms with Gasteiger partial charge >= 0.3 is 0 Å². The molecule has 1 fully saturated rings. The molecule has 0 aromatic heterocycles. The molecule has 0 atom stereocenters. The largest absolute Gasteiger partial charge is 0.378 e. The molecule has 1 heterocycles.